The van der Waals surface area contributed by atoms with E-state index in [1.807, 2.05) is 0 Å². The van der Waals surface area contributed by atoms with Crippen molar-refractivity contribution in [1.82, 2.24) is 0 Å². The predicted octanol–water partition coefficient (Wildman–Crippen LogP) is 3.45. The fraction of sp³-hybridized carbons (Fsp3) is 0.0714. The molecule has 2 nitrogen and oxygen atoms in total. The summed E-state index contributed by atoms with van der Waals surface area (Å²) in [6, 6.07) is 5.98. The van der Waals surface area contributed by atoms with Crippen molar-refractivity contribution in [1.29, 1.82) is 0 Å². The Hall–Kier alpha value is -2.16. The Morgan fingerprint density at radius 3 is 2.59 bits per heavy atom. The van der Waals surface area contributed by atoms with E-state index in [-0.39, 0.29) is 5.69 Å². The maximum Gasteiger partial charge on any atom is 0.255 e. The zero-order valence-electron chi connectivity index (χ0n) is 9.66. The molecule has 0 aromatic heterocycles. The molecule has 1 rings (SSSR count). The van der Waals surface area contributed by atoms with Crippen LogP contribution in [-0.4, -0.2) is 5.91 Å². The van der Waals surface area contributed by atoms with Gasteiger partial charge in [-0.3, -0.25) is 4.79 Å². The molecule has 0 saturated carbocycles. The van der Waals surface area contributed by atoms with Crippen molar-refractivity contribution in [3.8, 4) is 0 Å². The molecule has 88 valence electrons. The van der Waals surface area contributed by atoms with E-state index >= 15 is 0 Å². The van der Waals surface area contributed by atoms with Gasteiger partial charge in [-0.1, -0.05) is 36.9 Å². The Balaban J connectivity index is 2.89. The van der Waals surface area contributed by atoms with Gasteiger partial charge in [0.2, 0.25) is 0 Å². The molecule has 0 atom stereocenters. The molecule has 0 radical (unpaired) electrons. The second kappa shape index (κ2) is 5.80. The molecule has 0 saturated heterocycles. The Morgan fingerprint density at radius 2 is 2.06 bits per heavy atom. The van der Waals surface area contributed by atoms with E-state index in [2.05, 4.69) is 18.5 Å². The average Bonchev–Trinajstić information content (AvgIpc) is 2.28. The molecule has 0 fully saturated rings. The molecule has 3 heteroatoms. The van der Waals surface area contributed by atoms with Crippen molar-refractivity contribution in [3.63, 3.8) is 0 Å². The maximum absolute atomic E-state index is 13.3. The predicted molar refractivity (Wildman–Crippen MR) is 68.1 cm³/mol. The van der Waals surface area contributed by atoms with Crippen LogP contribution >= 0.6 is 0 Å². The topological polar surface area (TPSA) is 29.1 Å². The Kier molecular flexibility index (Phi) is 4.40. The lowest BCUT2D eigenvalue weighted by Gasteiger charge is -2.06. The SMILES string of the molecule is C=C/C(=C\C(=C)C)C(=O)Nc1ccccc1F. The van der Waals surface area contributed by atoms with Crippen LogP contribution in [-0.2, 0) is 4.79 Å². The van der Waals surface area contributed by atoms with E-state index < -0.39 is 11.7 Å². The number of benzene rings is 1. The van der Waals surface area contributed by atoms with Crippen molar-refractivity contribution < 1.29 is 9.18 Å². The molecule has 0 aliphatic heterocycles. The maximum atomic E-state index is 13.3. The van der Waals surface area contributed by atoms with Crippen LogP contribution in [0, 0.1) is 5.82 Å². The third kappa shape index (κ3) is 3.72. The second-order valence-electron chi connectivity index (χ2n) is 3.58. The summed E-state index contributed by atoms with van der Waals surface area (Å²) in [6.07, 6.45) is 2.99. The number of carbonyl (C=O) groups is 1. The number of hydrogen-bond donors (Lipinski definition) is 1. The van der Waals surface area contributed by atoms with Crippen molar-refractivity contribution in [3.05, 3.63) is 66.5 Å². The van der Waals surface area contributed by atoms with E-state index in [9.17, 15) is 9.18 Å². The molecule has 0 bridgehead atoms. The Bertz CT molecular complexity index is 489. The number of carbonyl (C=O) groups excluding carboxylic acids is 1. The molecule has 1 aromatic rings. The highest BCUT2D eigenvalue weighted by Gasteiger charge is 2.08. The van der Waals surface area contributed by atoms with Crippen molar-refractivity contribution in [2.75, 3.05) is 5.32 Å². The summed E-state index contributed by atoms with van der Waals surface area (Å²) in [5, 5.41) is 2.47. The van der Waals surface area contributed by atoms with Gasteiger partial charge in [-0.15, -0.1) is 0 Å². The minimum absolute atomic E-state index is 0.145. The number of rotatable bonds is 4. The molecule has 1 aromatic carbocycles. The van der Waals surface area contributed by atoms with Crippen molar-refractivity contribution in [2.24, 2.45) is 0 Å². The number of allylic oxidation sites excluding steroid dienone is 2. The number of hydrogen-bond acceptors (Lipinski definition) is 1. The smallest absolute Gasteiger partial charge is 0.255 e. The van der Waals surface area contributed by atoms with Crippen molar-refractivity contribution in [2.45, 2.75) is 6.92 Å². The molecular formula is C14H14FNO. The molecule has 1 N–H and O–H groups in total. The van der Waals surface area contributed by atoms with Gasteiger partial charge in [0.15, 0.2) is 0 Å². The van der Waals surface area contributed by atoms with E-state index in [0.29, 0.717) is 5.57 Å². The van der Waals surface area contributed by atoms with E-state index in [1.165, 1.54) is 18.2 Å². The van der Waals surface area contributed by atoms with Gasteiger partial charge in [-0.05, 0) is 25.1 Å². The van der Waals surface area contributed by atoms with Crippen molar-refractivity contribution >= 4 is 11.6 Å². The third-order valence-electron chi connectivity index (χ3n) is 2.01. The lowest BCUT2D eigenvalue weighted by Crippen LogP contribution is -2.14. The zero-order chi connectivity index (χ0) is 12.8. The van der Waals surface area contributed by atoms with Gasteiger partial charge in [0, 0.05) is 5.57 Å². The summed E-state index contributed by atoms with van der Waals surface area (Å²) in [5.74, 6) is -0.882. The summed E-state index contributed by atoms with van der Waals surface area (Å²) >= 11 is 0. The van der Waals surface area contributed by atoms with Gasteiger partial charge >= 0.3 is 0 Å². The average molecular weight is 231 g/mol. The largest absolute Gasteiger partial charge is 0.319 e. The molecule has 0 aliphatic rings. The minimum atomic E-state index is -0.473. The van der Waals surface area contributed by atoms with E-state index in [4.69, 9.17) is 0 Å². The van der Waals surface area contributed by atoms with Gasteiger partial charge in [0.05, 0.1) is 5.69 Å². The molecule has 0 aliphatic carbocycles. The monoisotopic (exact) mass is 231 g/mol. The van der Waals surface area contributed by atoms with Crippen LogP contribution in [0.4, 0.5) is 10.1 Å². The van der Waals surface area contributed by atoms with Crippen LogP contribution < -0.4 is 5.32 Å². The van der Waals surface area contributed by atoms with Gasteiger partial charge in [-0.25, -0.2) is 4.39 Å². The lowest BCUT2D eigenvalue weighted by atomic mass is 10.1. The summed E-state index contributed by atoms with van der Waals surface area (Å²) in [7, 11) is 0. The van der Waals surface area contributed by atoms with Crippen LogP contribution in [0.1, 0.15) is 6.92 Å². The standard InChI is InChI=1S/C14H14FNO/c1-4-11(9-10(2)3)14(17)16-13-8-6-5-7-12(13)15/h4-9H,1-2H2,3H3,(H,16,17)/b11-9+. The van der Waals surface area contributed by atoms with Crippen LogP contribution in [0.5, 0.6) is 0 Å². The highest BCUT2D eigenvalue weighted by Crippen LogP contribution is 2.14. The number of amides is 1. The van der Waals surface area contributed by atoms with Crippen LogP contribution in [0.3, 0.4) is 0 Å². The lowest BCUT2D eigenvalue weighted by molar-refractivity contribution is -0.112. The van der Waals surface area contributed by atoms with Gasteiger partial charge < -0.3 is 5.32 Å². The highest BCUT2D eigenvalue weighted by atomic mass is 19.1. The molecular weight excluding hydrogens is 217 g/mol. The first kappa shape index (κ1) is 12.9. The number of halogens is 1. The molecule has 0 unspecified atom stereocenters. The fourth-order valence-electron chi connectivity index (χ4n) is 1.24. The highest BCUT2D eigenvalue weighted by molar-refractivity contribution is 6.06. The van der Waals surface area contributed by atoms with E-state index in [1.54, 1.807) is 25.1 Å². The summed E-state index contributed by atoms with van der Waals surface area (Å²) in [5.41, 5.74) is 1.22. The summed E-state index contributed by atoms with van der Waals surface area (Å²) in [6.45, 7) is 8.97. The Morgan fingerprint density at radius 1 is 1.41 bits per heavy atom. The number of anilines is 1. The van der Waals surface area contributed by atoms with Crippen LogP contribution in [0.15, 0.2) is 60.7 Å². The zero-order valence-corrected chi connectivity index (χ0v) is 9.66. The molecule has 0 spiro atoms. The summed E-state index contributed by atoms with van der Waals surface area (Å²) in [4.78, 5) is 11.8. The number of para-hydroxylation sites is 1. The summed E-state index contributed by atoms with van der Waals surface area (Å²) < 4.78 is 13.3. The first-order valence-corrected chi connectivity index (χ1v) is 5.10. The van der Waals surface area contributed by atoms with Gasteiger partial charge in [0.1, 0.15) is 5.82 Å². The first-order chi connectivity index (χ1) is 8.04. The second-order valence-corrected chi connectivity index (χ2v) is 3.58. The first-order valence-electron chi connectivity index (χ1n) is 5.10. The minimum Gasteiger partial charge on any atom is -0.319 e. The van der Waals surface area contributed by atoms with Crippen LogP contribution in [0.25, 0.3) is 0 Å². The normalized spacial score (nSPS) is 10.8. The quantitative estimate of drug-likeness (QED) is 0.624. The van der Waals surface area contributed by atoms with Gasteiger partial charge in [-0.2, -0.15) is 0 Å². The Labute approximate surface area is 100 Å². The fourth-order valence-corrected chi connectivity index (χ4v) is 1.24. The molecule has 17 heavy (non-hydrogen) atoms. The van der Waals surface area contributed by atoms with Gasteiger partial charge in [0.25, 0.3) is 5.91 Å². The van der Waals surface area contributed by atoms with Crippen LogP contribution in [0.2, 0.25) is 0 Å². The number of nitrogens with one attached hydrogen (secondary N) is 1. The third-order valence-corrected chi connectivity index (χ3v) is 2.01. The molecule has 0 heterocycles. The van der Waals surface area contributed by atoms with E-state index in [0.717, 1.165) is 5.57 Å². The molecule has 1 amide bonds.